The lowest BCUT2D eigenvalue weighted by Gasteiger charge is -2.64. The van der Waals surface area contributed by atoms with E-state index in [9.17, 15) is 0 Å². The van der Waals surface area contributed by atoms with Crippen LogP contribution in [0.2, 0.25) is 0 Å². The summed E-state index contributed by atoms with van der Waals surface area (Å²) in [4.78, 5) is 0. The molecule has 0 aromatic carbocycles. The Morgan fingerprint density at radius 3 is 1.19 bits per heavy atom. The Kier molecular flexibility index (Phi) is 2.31. The lowest BCUT2D eigenvalue weighted by atomic mass is 9.40. The number of hydrogen-bond donors (Lipinski definition) is 0. The van der Waals surface area contributed by atoms with Crippen molar-refractivity contribution in [2.24, 2.45) is 10.8 Å². The topological polar surface area (TPSA) is 0 Å². The highest BCUT2D eigenvalue weighted by Gasteiger charge is 2.60. The largest absolute Gasteiger partial charge is 0.0981 e. The summed E-state index contributed by atoms with van der Waals surface area (Å²) >= 11 is 0. The van der Waals surface area contributed by atoms with Crippen LogP contribution in [0.5, 0.6) is 0 Å². The summed E-state index contributed by atoms with van der Waals surface area (Å²) in [5.74, 6) is 0. The molecule has 3 aliphatic rings. The summed E-state index contributed by atoms with van der Waals surface area (Å²) in [6, 6.07) is 0. The third-order valence-electron chi connectivity index (χ3n) is 5.72. The molecule has 0 N–H and O–H groups in total. The smallest absolute Gasteiger partial charge is 0.0133 e. The average molecular weight is 216 g/mol. The molecule has 3 fully saturated rings. The third kappa shape index (κ3) is 1.11. The van der Waals surface area contributed by atoms with E-state index in [0.29, 0.717) is 10.8 Å². The van der Waals surface area contributed by atoms with Gasteiger partial charge in [-0.05, 0) is 25.7 Å². The molecule has 3 aliphatic carbocycles. The maximum absolute atomic E-state index is 4.50. The molecule has 0 nitrogen and oxygen atoms in total. The Balaban J connectivity index is 1.87. The monoisotopic (exact) mass is 216 g/mol. The molecule has 0 aromatic heterocycles. The molecule has 2 spiro atoms. The molecule has 0 amide bonds. The molecule has 0 radical (unpaired) electrons. The van der Waals surface area contributed by atoms with Gasteiger partial charge in [-0.15, -0.1) is 0 Å². The van der Waals surface area contributed by atoms with E-state index < -0.39 is 0 Å². The predicted molar refractivity (Wildman–Crippen MR) is 69.3 cm³/mol. The molecule has 16 heavy (non-hydrogen) atoms. The van der Waals surface area contributed by atoms with E-state index in [4.69, 9.17) is 0 Å². The van der Waals surface area contributed by atoms with Crippen molar-refractivity contribution < 1.29 is 0 Å². The molecule has 0 heterocycles. The fraction of sp³-hybridized carbons (Fsp3) is 0.750. The van der Waals surface area contributed by atoms with Crippen molar-refractivity contribution in [3.63, 3.8) is 0 Å². The van der Waals surface area contributed by atoms with Gasteiger partial charge in [0.25, 0.3) is 0 Å². The van der Waals surface area contributed by atoms with Crippen LogP contribution in [0.15, 0.2) is 24.3 Å². The number of rotatable bonds is 0. The molecule has 0 bridgehead atoms. The van der Waals surface area contributed by atoms with E-state index >= 15 is 0 Å². The minimum Gasteiger partial charge on any atom is -0.0981 e. The second kappa shape index (κ2) is 3.48. The van der Waals surface area contributed by atoms with Gasteiger partial charge >= 0.3 is 0 Å². The molecule has 0 aliphatic heterocycles. The van der Waals surface area contributed by atoms with Crippen LogP contribution in [0.4, 0.5) is 0 Å². The van der Waals surface area contributed by atoms with Gasteiger partial charge in [-0.2, -0.15) is 0 Å². The second-order valence-corrected chi connectivity index (χ2v) is 6.24. The van der Waals surface area contributed by atoms with Gasteiger partial charge in [-0.25, -0.2) is 0 Å². The van der Waals surface area contributed by atoms with E-state index in [2.05, 4.69) is 13.2 Å². The fourth-order valence-electron chi connectivity index (χ4n) is 4.74. The maximum Gasteiger partial charge on any atom is 0.0133 e. The molecule has 0 heteroatoms. The van der Waals surface area contributed by atoms with Gasteiger partial charge in [0.15, 0.2) is 0 Å². The normalized spacial score (nSPS) is 31.8. The number of hydrogen-bond acceptors (Lipinski definition) is 0. The van der Waals surface area contributed by atoms with Crippen LogP contribution in [0, 0.1) is 10.8 Å². The molecular formula is C16H24. The summed E-state index contributed by atoms with van der Waals surface area (Å²) < 4.78 is 0. The van der Waals surface area contributed by atoms with Gasteiger partial charge < -0.3 is 0 Å². The molecule has 3 saturated carbocycles. The van der Waals surface area contributed by atoms with Gasteiger partial charge in [0, 0.05) is 10.8 Å². The van der Waals surface area contributed by atoms with Crippen LogP contribution in [-0.4, -0.2) is 0 Å². The van der Waals surface area contributed by atoms with E-state index in [1.807, 2.05) is 0 Å². The lowest BCUT2D eigenvalue weighted by Crippen LogP contribution is -2.53. The van der Waals surface area contributed by atoms with E-state index in [1.165, 1.54) is 64.2 Å². The van der Waals surface area contributed by atoms with Crippen molar-refractivity contribution >= 4 is 0 Å². The molecule has 88 valence electrons. The van der Waals surface area contributed by atoms with Crippen molar-refractivity contribution in [2.75, 3.05) is 0 Å². The minimum absolute atomic E-state index is 0.398. The first-order valence-corrected chi connectivity index (χ1v) is 7.12. The zero-order chi connectivity index (χ0) is 11.2. The van der Waals surface area contributed by atoms with E-state index in [1.54, 1.807) is 11.1 Å². The van der Waals surface area contributed by atoms with Crippen molar-refractivity contribution in [2.45, 2.75) is 64.2 Å². The Labute approximate surface area is 99.8 Å². The van der Waals surface area contributed by atoms with Gasteiger partial charge in [0.1, 0.15) is 0 Å². The predicted octanol–water partition coefficient (Wildman–Crippen LogP) is 5.01. The van der Waals surface area contributed by atoms with Crippen LogP contribution in [0.3, 0.4) is 0 Å². The van der Waals surface area contributed by atoms with E-state index in [0.717, 1.165) is 0 Å². The summed E-state index contributed by atoms with van der Waals surface area (Å²) in [5, 5.41) is 0. The van der Waals surface area contributed by atoms with Crippen LogP contribution >= 0.6 is 0 Å². The minimum atomic E-state index is 0.398. The van der Waals surface area contributed by atoms with Crippen LogP contribution in [0.25, 0.3) is 0 Å². The molecule has 0 atom stereocenters. The van der Waals surface area contributed by atoms with Gasteiger partial charge in [0.2, 0.25) is 0 Å². The van der Waals surface area contributed by atoms with Crippen LogP contribution in [-0.2, 0) is 0 Å². The lowest BCUT2D eigenvalue weighted by molar-refractivity contribution is 0.0915. The summed E-state index contributed by atoms with van der Waals surface area (Å²) in [5.41, 5.74) is 3.97. The van der Waals surface area contributed by atoms with Gasteiger partial charge in [-0.1, -0.05) is 62.8 Å². The van der Waals surface area contributed by atoms with Crippen molar-refractivity contribution in [1.29, 1.82) is 0 Å². The van der Waals surface area contributed by atoms with E-state index in [-0.39, 0.29) is 0 Å². The maximum atomic E-state index is 4.50. The Morgan fingerprint density at radius 1 is 0.562 bits per heavy atom. The highest BCUT2D eigenvalue weighted by Crippen LogP contribution is 2.71. The van der Waals surface area contributed by atoms with Crippen molar-refractivity contribution in [3.8, 4) is 0 Å². The summed E-state index contributed by atoms with van der Waals surface area (Å²) in [7, 11) is 0. The highest BCUT2D eigenvalue weighted by molar-refractivity contribution is 5.51. The molecule has 0 aromatic rings. The average Bonchev–Trinajstić information content (AvgIpc) is 2.39. The Bertz CT molecular complexity index is 272. The van der Waals surface area contributed by atoms with Crippen LogP contribution in [0.1, 0.15) is 64.2 Å². The van der Waals surface area contributed by atoms with Crippen LogP contribution < -0.4 is 0 Å². The van der Waals surface area contributed by atoms with Crippen molar-refractivity contribution in [1.82, 2.24) is 0 Å². The van der Waals surface area contributed by atoms with Gasteiger partial charge in [-0.3, -0.25) is 0 Å². The second-order valence-electron chi connectivity index (χ2n) is 6.24. The fourth-order valence-corrected chi connectivity index (χ4v) is 4.74. The Hall–Kier alpha value is -0.520. The number of allylic oxidation sites excluding steroid dienone is 2. The SMILES string of the molecule is C=C1C2(CCCCC2)C(=C)C12CCCCC2. The van der Waals surface area contributed by atoms with Gasteiger partial charge in [0.05, 0.1) is 0 Å². The third-order valence-corrected chi connectivity index (χ3v) is 5.72. The quantitative estimate of drug-likeness (QED) is 0.499. The Morgan fingerprint density at radius 2 is 0.875 bits per heavy atom. The summed E-state index contributed by atoms with van der Waals surface area (Å²) in [6.07, 6.45) is 13.9. The molecular weight excluding hydrogens is 192 g/mol. The molecule has 0 unspecified atom stereocenters. The first-order valence-electron chi connectivity index (χ1n) is 7.12. The molecule has 3 rings (SSSR count). The zero-order valence-corrected chi connectivity index (χ0v) is 10.5. The van der Waals surface area contributed by atoms with Crippen molar-refractivity contribution in [3.05, 3.63) is 24.3 Å². The first-order chi connectivity index (χ1) is 7.72. The summed E-state index contributed by atoms with van der Waals surface area (Å²) in [6.45, 7) is 9.01. The first kappa shape index (κ1) is 10.6. The molecule has 0 saturated heterocycles. The highest BCUT2D eigenvalue weighted by atomic mass is 14.6. The zero-order valence-electron chi connectivity index (χ0n) is 10.5. The standard InChI is InChI=1S/C16H24/c1-13-15(9-5-3-6-10-15)14(2)16(13)11-7-4-8-12-16/h1-12H2.